The molecule has 37 heavy (non-hydrogen) atoms. The van der Waals surface area contributed by atoms with Crippen molar-refractivity contribution in [1.82, 2.24) is 9.13 Å². The molecule has 0 aliphatic heterocycles. The van der Waals surface area contributed by atoms with Gasteiger partial charge < -0.3 is 19.3 Å². The molecule has 0 aliphatic carbocycles. The maximum absolute atomic E-state index is 14.2. The summed E-state index contributed by atoms with van der Waals surface area (Å²) >= 11 is 0. The SMILES string of the molecule is Cc1c(-c2cn(CC(O)(C(F)(F)F)C(F)(F)F)c(=O)c3ccccc23)c2cc(F)ccc2n1CC(=O)O. The molecule has 0 radical (unpaired) electrons. The number of rotatable bonds is 5. The first-order valence-electron chi connectivity index (χ1n) is 10.6. The fraction of sp³-hybridized carbons (Fsp3) is 0.250. The van der Waals surface area contributed by atoms with Gasteiger partial charge in [-0.3, -0.25) is 9.59 Å². The lowest BCUT2D eigenvalue weighted by molar-refractivity contribution is -0.372. The Morgan fingerprint density at radius 3 is 2.11 bits per heavy atom. The fourth-order valence-electron chi connectivity index (χ4n) is 4.38. The zero-order chi connectivity index (χ0) is 27.5. The van der Waals surface area contributed by atoms with E-state index >= 15 is 0 Å². The molecule has 6 nitrogen and oxygen atoms in total. The summed E-state index contributed by atoms with van der Waals surface area (Å²) in [7, 11) is 0. The fourth-order valence-corrected chi connectivity index (χ4v) is 4.38. The third kappa shape index (κ3) is 4.22. The van der Waals surface area contributed by atoms with Gasteiger partial charge in [-0.2, -0.15) is 26.3 Å². The van der Waals surface area contributed by atoms with Crippen molar-refractivity contribution in [3.63, 3.8) is 0 Å². The highest BCUT2D eigenvalue weighted by atomic mass is 19.4. The number of aliphatic hydroxyl groups is 1. The molecule has 0 aliphatic rings. The Morgan fingerprint density at radius 1 is 0.946 bits per heavy atom. The van der Waals surface area contributed by atoms with Gasteiger partial charge in [0.05, 0.1) is 6.54 Å². The molecule has 2 heterocycles. The number of carbonyl (C=O) groups is 1. The van der Waals surface area contributed by atoms with E-state index < -0.39 is 48.4 Å². The molecule has 196 valence electrons. The molecular formula is C24H17F7N2O4. The molecule has 4 aromatic rings. The number of halogens is 7. The molecule has 4 rings (SSSR count). The van der Waals surface area contributed by atoms with Crippen LogP contribution in [0.25, 0.3) is 32.8 Å². The number of carboxylic acids is 1. The minimum Gasteiger partial charge on any atom is -0.480 e. The lowest BCUT2D eigenvalue weighted by atomic mass is 9.97. The monoisotopic (exact) mass is 530 g/mol. The summed E-state index contributed by atoms with van der Waals surface area (Å²) in [5.74, 6) is -1.99. The van der Waals surface area contributed by atoms with Crippen LogP contribution in [0, 0.1) is 12.7 Å². The summed E-state index contributed by atoms with van der Waals surface area (Å²) in [4.78, 5) is 24.4. The molecule has 0 amide bonds. The van der Waals surface area contributed by atoms with E-state index in [1.54, 1.807) is 0 Å². The predicted octanol–water partition coefficient (Wildman–Crippen LogP) is 5.01. The van der Waals surface area contributed by atoms with E-state index in [1.807, 2.05) is 0 Å². The molecule has 0 spiro atoms. The van der Waals surface area contributed by atoms with Crippen LogP contribution in [0.2, 0.25) is 0 Å². The molecule has 0 saturated heterocycles. The van der Waals surface area contributed by atoms with Crippen molar-refractivity contribution in [2.45, 2.75) is 38.0 Å². The van der Waals surface area contributed by atoms with Gasteiger partial charge >= 0.3 is 18.3 Å². The Balaban J connectivity index is 2.10. The maximum Gasteiger partial charge on any atom is 0.428 e. The van der Waals surface area contributed by atoms with E-state index in [4.69, 9.17) is 0 Å². The van der Waals surface area contributed by atoms with Crippen molar-refractivity contribution in [3.05, 3.63) is 70.5 Å². The summed E-state index contributed by atoms with van der Waals surface area (Å²) in [5.41, 5.74) is -5.99. The molecular weight excluding hydrogens is 513 g/mol. The van der Waals surface area contributed by atoms with Crippen molar-refractivity contribution < 1.29 is 45.7 Å². The van der Waals surface area contributed by atoms with Crippen molar-refractivity contribution >= 4 is 27.6 Å². The number of aliphatic carboxylic acids is 1. The van der Waals surface area contributed by atoms with Gasteiger partial charge in [0, 0.05) is 39.3 Å². The summed E-state index contributed by atoms with van der Waals surface area (Å²) in [6.45, 7) is -1.33. The number of hydrogen-bond acceptors (Lipinski definition) is 3. The molecule has 13 heteroatoms. The van der Waals surface area contributed by atoms with Crippen molar-refractivity contribution in [3.8, 4) is 11.1 Å². The van der Waals surface area contributed by atoms with E-state index in [2.05, 4.69) is 0 Å². The number of pyridine rings is 1. The minimum absolute atomic E-state index is 0.0564. The van der Waals surface area contributed by atoms with Crippen LogP contribution in [-0.4, -0.2) is 43.3 Å². The van der Waals surface area contributed by atoms with E-state index in [-0.39, 0.29) is 43.1 Å². The Labute approximate surface area is 202 Å². The number of hydrogen-bond donors (Lipinski definition) is 2. The standard InChI is InChI=1S/C24H17F7N2O4/c1-12-20(16-8-13(25)6-7-18(16)33(12)10-19(34)35)17-9-32(21(36)15-5-3-2-4-14(15)17)11-22(37,23(26,27)28)24(29,30)31/h2-9,37H,10-11H2,1H3,(H,34,35). The molecule has 2 N–H and O–H groups in total. The first kappa shape index (κ1) is 26.2. The number of fused-ring (bicyclic) bond motifs is 2. The zero-order valence-electron chi connectivity index (χ0n) is 18.8. The summed E-state index contributed by atoms with van der Waals surface area (Å²) in [5, 5.41) is 19.0. The summed E-state index contributed by atoms with van der Waals surface area (Å²) < 4.78 is 96.1. The quantitative estimate of drug-likeness (QED) is 0.356. The number of alkyl halides is 6. The average Bonchev–Trinajstić information content (AvgIpc) is 3.04. The van der Waals surface area contributed by atoms with Crippen LogP contribution < -0.4 is 5.56 Å². The molecule has 2 aromatic carbocycles. The van der Waals surface area contributed by atoms with Gasteiger partial charge in [0.15, 0.2) is 0 Å². The van der Waals surface area contributed by atoms with Crippen LogP contribution in [0.4, 0.5) is 30.7 Å². The van der Waals surface area contributed by atoms with Crippen LogP contribution in [0.3, 0.4) is 0 Å². The minimum atomic E-state index is -6.17. The lowest BCUT2D eigenvalue weighted by Gasteiger charge is -2.32. The van der Waals surface area contributed by atoms with Crippen LogP contribution >= 0.6 is 0 Å². The average molecular weight is 530 g/mol. The van der Waals surface area contributed by atoms with E-state index in [0.29, 0.717) is 0 Å². The first-order valence-corrected chi connectivity index (χ1v) is 10.6. The topological polar surface area (TPSA) is 84.5 Å². The highest BCUT2D eigenvalue weighted by Gasteiger charge is 2.70. The Bertz CT molecular complexity index is 1590. The smallest absolute Gasteiger partial charge is 0.428 e. The van der Waals surface area contributed by atoms with Gasteiger partial charge in [-0.25, -0.2) is 4.39 Å². The van der Waals surface area contributed by atoms with Crippen molar-refractivity contribution in [1.29, 1.82) is 0 Å². The normalized spacial score (nSPS) is 13.0. The molecule has 0 unspecified atom stereocenters. The second kappa shape index (κ2) is 8.61. The highest BCUT2D eigenvalue weighted by Crippen LogP contribution is 2.44. The molecule has 2 aromatic heterocycles. The summed E-state index contributed by atoms with van der Waals surface area (Å²) in [6, 6.07) is 8.80. The van der Waals surface area contributed by atoms with Crippen molar-refractivity contribution in [2.75, 3.05) is 0 Å². The predicted molar refractivity (Wildman–Crippen MR) is 119 cm³/mol. The van der Waals surface area contributed by atoms with E-state index in [9.17, 15) is 50.5 Å². The van der Waals surface area contributed by atoms with E-state index in [1.165, 1.54) is 41.8 Å². The van der Waals surface area contributed by atoms with Gasteiger partial charge in [0.2, 0.25) is 0 Å². The zero-order valence-corrected chi connectivity index (χ0v) is 18.8. The number of carboxylic acid groups (broad SMARTS) is 1. The largest absolute Gasteiger partial charge is 0.480 e. The van der Waals surface area contributed by atoms with Gasteiger partial charge in [0.1, 0.15) is 12.4 Å². The van der Waals surface area contributed by atoms with Crippen LogP contribution in [0.15, 0.2) is 53.5 Å². The second-order valence-corrected chi connectivity index (χ2v) is 8.48. The maximum atomic E-state index is 14.2. The highest BCUT2D eigenvalue weighted by molar-refractivity contribution is 6.06. The van der Waals surface area contributed by atoms with Gasteiger partial charge in [-0.15, -0.1) is 0 Å². The van der Waals surface area contributed by atoms with E-state index in [0.717, 1.165) is 18.3 Å². The lowest BCUT2D eigenvalue weighted by Crippen LogP contribution is -2.60. The molecule has 0 fully saturated rings. The third-order valence-corrected chi connectivity index (χ3v) is 6.18. The number of benzene rings is 2. The third-order valence-electron chi connectivity index (χ3n) is 6.18. The van der Waals surface area contributed by atoms with Crippen LogP contribution in [0.5, 0.6) is 0 Å². The molecule has 0 saturated carbocycles. The van der Waals surface area contributed by atoms with Crippen LogP contribution in [0.1, 0.15) is 5.69 Å². The Morgan fingerprint density at radius 2 is 1.54 bits per heavy atom. The molecule has 0 bridgehead atoms. The Hall–Kier alpha value is -3.87. The number of aromatic nitrogens is 2. The van der Waals surface area contributed by atoms with Gasteiger partial charge in [-0.1, -0.05) is 18.2 Å². The van der Waals surface area contributed by atoms with Crippen molar-refractivity contribution in [2.24, 2.45) is 0 Å². The van der Waals surface area contributed by atoms with Gasteiger partial charge in [-0.05, 0) is 36.6 Å². The first-order chi connectivity index (χ1) is 17.1. The van der Waals surface area contributed by atoms with Crippen LogP contribution in [-0.2, 0) is 17.9 Å². The number of nitrogens with zero attached hydrogens (tertiary/aromatic N) is 2. The van der Waals surface area contributed by atoms with Gasteiger partial charge in [0.25, 0.3) is 11.2 Å². The summed E-state index contributed by atoms with van der Waals surface area (Å²) in [6.07, 6.45) is -11.6. The Kier molecular flexibility index (Phi) is 6.10. The second-order valence-electron chi connectivity index (χ2n) is 8.48. The molecule has 0 atom stereocenters.